The second-order valence-electron chi connectivity index (χ2n) is 10.1. The summed E-state index contributed by atoms with van der Waals surface area (Å²) in [6.45, 7) is 1.65. The Morgan fingerprint density at radius 3 is 1.34 bits per heavy atom. The zero-order valence-electron chi connectivity index (χ0n) is 23.0. The highest BCUT2D eigenvalue weighted by atomic mass is 16.6. The molecule has 4 aromatic carbocycles. The molecule has 1 aliphatic rings. The van der Waals surface area contributed by atoms with Gasteiger partial charge >= 0.3 is 0 Å². The quantitative estimate of drug-likeness (QED) is 0.181. The van der Waals surface area contributed by atoms with Gasteiger partial charge in [0.2, 0.25) is 0 Å². The van der Waals surface area contributed by atoms with Crippen LogP contribution in [0.15, 0.2) is 121 Å². The van der Waals surface area contributed by atoms with E-state index in [9.17, 15) is 4.79 Å². The molecule has 0 aromatic heterocycles. The molecule has 212 valence electrons. The second kappa shape index (κ2) is 15.4. The van der Waals surface area contributed by atoms with Gasteiger partial charge in [-0.05, 0) is 22.3 Å². The molecule has 1 fully saturated rings. The molecule has 0 radical (unpaired) electrons. The molecule has 5 atom stereocenters. The first kappa shape index (κ1) is 28.9. The summed E-state index contributed by atoms with van der Waals surface area (Å²) in [5.41, 5.74) is 4.09. The molecule has 41 heavy (non-hydrogen) atoms. The van der Waals surface area contributed by atoms with Crippen LogP contribution in [0.5, 0.6) is 0 Å². The van der Waals surface area contributed by atoms with Crippen LogP contribution in [0.25, 0.3) is 0 Å². The third kappa shape index (κ3) is 8.43. The van der Waals surface area contributed by atoms with Crippen molar-refractivity contribution in [2.24, 2.45) is 0 Å². The van der Waals surface area contributed by atoms with Gasteiger partial charge in [-0.25, -0.2) is 0 Å². The lowest BCUT2D eigenvalue weighted by atomic mass is 9.94. The molecule has 2 unspecified atom stereocenters. The van der Waals surface area contributed by atoms with E-state index in [1.165, 1.54) is 0 Å². The Morgan fingerprint density at radius 1 is 0.512 bits per heavy atom. The molecule has 4 aromatic rings. The lowest BCUT2D eigenvalue weighted by Gasteiger charge is -2.44. The summed E-state index contributed by atoms with van der Waals surface area (Å²) < 4.78 is 31.9. The van der Waals surface area contributed by atoms with E-state index in [2.05, 4.69) is 0 Å². The maximum absolute atomic E-state index is 12.4. The normalized spacial score (nSPS) is 22.3. The van der Waals surface area contributed by atoms with Gasteiger partial charge in [-0.15, -0.1) is 0 Å². The van der Waals surface area contributed by atoms with Crippen LogP contribution in [-0.4, -0.2) is 43.4 Å². The predicted octanol–water partition coefficient (Wildman–Crippen LogP) is 5.93. The van der Waals surface area contributed by atoms with Crippen molar-refractivity contribution in [3.05, 3.63) is 144 Å². The Hall–Kier alpha value is -3.65. The molecular weight excluding hydrogens is 516 g/mol. The topological polar surface area (TPSA) is 63.2 Å². The molecule has 6 nitrogen and oxygen atoms in total. The minimum absolute atomic E-state index is 0.231. The van der Waals surface area contributed by atoms with Crippen molar-refractivity contribution in [3.8, 4) is 0 Å². The van der Waals surface area contributed by atoms with Gasteiger partial charge in [-0.1, -0.05) is 121 Å². The molecule has 5 rings (SSSR count). The van der Waals surface area contributed by atoms with E-state index in [0.717, 1.165) is 28.5 Å². The molecular formula is C35H36O6. The summed E-state index contributed by atoms with van der Waals surface area (Å²) in [5, 5.41) is 0. The molecule has 1 heterocycles. The largest absolute Gasteiger partial charge is 0.374 e. The molecule has 0 N–H and O–H groups in total. The molecule has 0 saturated carbocycles. The molecule has 6 heteroatoms. The monoisotopic (exact) mass is 552 g/mol. The maximum Gasteiger partial charge on any atom is 0.151 e. The highest BCUT2D eigenvalue weighted by Gasteiger charge is 2.48. The van der Waals surface area contributed by atoms with Gasteiger partial charge in [-0.2, -0.15) is 0 Å². The number of hydrogen-bond acceptors (Lipinski definition) is 6. The maximum atomic E-state index is 12.4. The SMILES string of the molecule is O=C[C@H]1OC(COCc2ccccc2)[C@H](OCc2ccccc2)[C@H](OCc2ccccc2)C1OCc1ccccc1. The standard InChI is InChI=1S/C35H36O6/c36-21-31-33(38-23-28-15-7-2-8-16-28)35(40-25-30-19-11-4-12-20-30)34(39-24-29-17-9-3-10-18-29)32(41-31)26-37-22-27-13-5-1-6-14-27/h1-21,31-35H,22-26H2/t31-,32?,33?,34+,35-/m1/s1. The summed E-state index contributed by atoms with van der Waals surface area (Å²) in [6.07, 6.45) is -2.41. The average molecular weight is 553 g/mol. The molecule has 0 bridgehead atoms. The Bertz CT molecular complexity index is 1290. The summed E-state index contributed by atoms with van der Waals surface area (Å²) in [5.74, 6) is 0. The number of rotatable bonds is 14. The van der Waals surface area contributed by atoms with E-state index in [0.29, 0.717) is 26.4 Å². The van der Waals surface area contributed by atoms with Crippen LogP contribution in [0.4, 0.5) is 0 Å². The van der Waals surface area contributed by atoms with Gasteiger partial charge < -0.3 is 28.5 Å². The average Bonchev–Trinajstić information content (AvgIpc) is 3.04. The summed E-state index contributed by atoms with van der Waals surface area (Å²) >= 11 is 0. The first-order valence-electron chi connectivity index (χ1n) is 14.0. The minimum Gasteiger partial charge on any atom is -0.374 e. The molecule has 1 saturated heterocycles. The summed E-state index contributed by atoms with van der Waals surface area (Å²) in [6, 6.07) is 39.7. The van der Waals surface area contributed by atoms with Crippen molar-refractivity contribution in [1.29, 1.82) is 0 Å². The highest BCUT2D eigenvalue weighted by molar-refractivity contribution is 5.58. The second-order valence-corrected chi connectivity index (χ2v) is 10.1. The van der Waals surface area contributed by atoms with Crippen molar-refractivity contribution in [1.82, 2.24) is 0 Å². The lowest BCUT2D eigenvalue weighted by molar-refractivity contribution is -0.264. The van der Waals surface area contributed by atoms with Crippen LogP contribution in [0, 0.1) is 0 Å². The Morgan fingerprint density at radius 2 is 0.902 bits per heavy atom. The van der Waals surface area contributed by atoms with Crippen molar-refractivity contribution >= 4 is 6.29 Å². The van der Waals surface area contributed by atoms with Crippen LogP contribution >= 0.6 is 0 Å². The lowest BCUT2D eigenvalue weighted by Crippen LogP contribution is -2.61. The van der Waals surface area contributed by atoms with E-state index in [1.54, 1.807) is 0 Å². The molecule has 1 aliphatic heterocycles. The third-order valence-electron chi connectivity index (χ3n) is 7.05. The van der Waals surface area contributed by atoms with Crippen LogP contribution in [0.2, 0.25) is 0 Å². The smallest absolute Gasteiger partial charge is 0.151 e. The number of hydrogen-bond donors (Lipinski definition) is 0. The Kier molecular flexibility index (Phi) is 10.8. The number of carbonyl (C=O) groups excluding carboxylic acids is 1. The van der Waals surface area contributed by atoms with Crippen molar-refractivity contribution in [2.75, 3.05) is 6.61 Å². The zero-order valence-corrected chi connectivity index (χ0v) is 23.0. The number of benzene rings is 4. The van der Waals surface area contributed by atoms with Crippen LogP contribution < -0.4 is 0 Å². The predicted molar refractivity (Wildman–Crippen MR) is 156 cm³/mol. The number of ether oxygens (including phenoxy) is 5. The van der Waals surface area contributed by atoms with E-state index in [4.69, 9.17) is 23.7 Å². The van der Waals surface area contributed by atoms with Gasteiger partial charge in [0.25, 0.3) is 0 Å². The Balaban J connectivity index is 1.39. The fourth-order valence-corrected chi connectivity index (χ4v) is 4.93. The van der Waals surface area contributed by atoms with Crippen molar-refractivity contribution < 1.29 is 28.5 Å². The van der Waals surface area contributed by atoms with Crippen molar-refractivity contribution in [2.45, 2.75) is 56.9 Å². The van der Waals surface area contributed by atoms with Crippen LogP contribution in [0.3, 0.4) is 0 Å². The Labute approximate surface area is 241 Å². The zero-order chi connectivity index (χ0) is 28.1. The summed E-state index contributed by atoms with van der Waals surface area (Å²) in [4.78, 5) is 12.4. The fraction of sp³-hybridized carbons (Fsp3) is 0.286. The minimum atomic E-state index is -0.846. The van der Waals surface area contributed by atoms with Crippen LogP contribution in [0.1, 0.15) is 22.3 Å². The van der Waals surface area contributed by atoms with Gasteiger partial charge in [0.1, 0.15) is 30.5 Å². The fourth-order valence-electron chi connectivity index (χ4n) is 4.93. The third-order valence-corrected chi connectivity index (χ3v) is 7.05. The van der Waals surface area contributed by atoms with E-state index in [-0.39, 0.29) is 6.61 Å². The van der Waals surface area contributed by atoms with Crippen molar-refractivity contribution in [3.63, 3.8) is 0 Å². The van der Waals surface area contributed by atoms with Gasteiger partial charge in [0.15, 0.2) is 6.29 Å². The van der Waals surface area contributed by atoms with Gasteiger partial charge in [0.05, 0.1) is 33.0 Å². The molecule has 0 amide bonds. The number of aldehydes is 1. The van der Waals surface area contributed by atoms with Gasteiger partial charge in [0, 0.05) is 0 Å². The summed E-state index contributed by atoms with van der Waals surface area (Å²) in [7, 11) is 0. The van der Waals surface area contributed by atoms with Gasteiger partial charge in [-0.3, -0.25) is 0 Å². The first-order chi connectivity index (χ1) is 20.3. The number of carbonyl (C=O) groups is 1. The van der Waals surface area contributed by atoms with E-state index >= 15 is 0 Å². The van der Waals surface area contributed by atoms with E-state index < -0.39 is 30.5 Å². The highest BCUT2D eigenvalue weighted by Crippen LogP contribution is 2.30. The molecule has 0 aliphatic carbocycles. The molecule has 0 spiro atoms. The first-order valence-corrected chi connectivity index (χ1v) is 14.0. The van der Waals surface area contributed by atoms with Crippen LogP contribution in [-0.2, 0) is 54.9 Å². The van der Waals surface area contributed by atoms with E-state index in [1.807, 2.05) is 121 Å².